The molecule has 0 bridgehead atoms. The van der Waals surface area contributed by atoms with E-state index < -0.39 is 243 Å². The zero-order valence-corrected chi connectivity index (χ0v) is 57.5. The molecule has 11 amide bonds. The Bertz CT molecular complexity index is 3230. The van der Waals surface area contributed by atoms with E-state index in [1.165, 1.54) is 18.0 Å². The van der Waals surface area contributed by atoms with Gasteiger partial charge in [-0.2, -0.15) is 11.8 Å². The van der Waals surface area contributed by atoms with E-state index >= 15 is 0 Å². The van der Waals surface area contributed by atoms with Crippen LogP contribution in [0.15, 0.2) is 30.5 Å². The lowest BCUT2D eigenvalue weighted by Gasteiger charge is -2.29. The van der Waals surface area contributed by atoms with Crippen LogP contribution in [0.5, 0.6) is 0 Å². The van der Waals surface area contributed by atoms with Crippen LogP contribution in [-0.2, 0) is 87.9 Å². The Morgan fingerprint density at radius 3 is 1.08 bits per heavy atom. The Hall–Kier alpha value is -9.94. The molecule has 556 valence electrons. The Balaban J connectivity index is 2.62. The Kier molecular flexibility index (Phi) is 37.4. The van der Waals surface area contributed by atoms with Crippen LogP contribution < -0.4 is 64.6 Å². The number of nitrogens with two attached hydrogens (primary N) is 2. The second-order valence-corrected chi connectivity index (χ2v) is 26.1. The van der Waals surface area contributed by atoms with Crippen molar-refractivity contribution in [1.29, 1.82) is 0 Å². The monoisotopic (exact) mass is 1430 g/mol. The summed E-state index contributed by atoms with van der Waals surface area (Å²) in [6.07, 6.45) is -5.37. The molecule has 0 saturated heterocycles. The number of carboxylic acids is 6. The Morgan fingerprint density at radius 2 is 0.720 bits per heavy atom. The molecule has 0 radical (unpaired) electrons. The largest absolute Gasteiger partial charge is 0.481 e. The van der Waals surface area contributed by atoms with Crippen molar-refractivity contribution in [3.8, 4) is 0 Å². The molecule has 1 heterocycles. The number of benzene rings is 1. The number of carbonyl (C=O) groups excluding carboxylic acids is 11. The molecule has 0 aliphatic heterocycles. The van der Waals surface area contributed by atoms with Crippen LogP contribution in [0.4, 0.5) is 0 Å². The number of aromatic amines is 1. The van der Waals surface area contributed by atoms with Gasteiger partial charge in [-0.1, -0.05) is 59.7 Å². The van der Waals surface area contributed by atoms with Crippen molar-refractivity contribution < 1.29 is 112 Å². The van der Waals surface area contributed by atoms with Crippen LogP contribution >= 0.6 is 11.8 Å². The average Bonchev–Trinajstić information content (AvgIpc) is 1.62. The van der Waals surface area contributed by atoms with E-state index in [1.807, 2.05) is 0 Å². The van der Waals surface area contributed by atoms with E-state index in [9.17, 15) is 112 Å². The number of carboxylic acid groups (broad SMARTS) is 6. The summed E-state index contributed by atoms with van der Waals surface area (Å²) in [6.45, 7) is 9.98. The predicted octanol–water partition coefficient (Wildman–Crippen LogP) is -1.94. The third-order valence-corrected chi connectivity index (χ3v) is 15.8. The lowest BCUT2D eigenvalue weighted by molar-refractivity contribution is -0.143. The summed E-state index contributed by atoms with van der Waals surface area (Å²) in [6, 6.07) is -11.9. The summed E-state index contributed by atoms with van der Waals surface area (Å²) >= 11 is 1.26. The van der Waals surface area contributed by atoms with E-state index in [0.717, 1.165) is 0 Å². The molecule has 36 nitrogen and oxygen atoms in total. The minimum Gasteiger partial charge on any atom is -0.481 e. The third-order valence-electron chi connectivity index (χ3n) is 15.1. The van der Waals surface area contributed by atoms with Crippen molar-refractivity contribution in [2.45, 2.75) is 211 Å². The summed E-state index contributed by atoms with van der Waals surface area (Å²) in [5.74, 6) is -22.1. The van der Waals surface area contributed by atoms with Gasteiger partial charge in [0.2, 0.25) is 65.0 Å². The first-order valence-electron chi connectivity index (χ1n) is 32.3. The molecule has 1 aromatic heterocycles. The molecular formula is C63H95N13O23S. The summed E-state index contributed by atoms with van der Waals surface area (Å²) in [7, 11) is 0. The third kappa shape index (κ3) is 32.6. The van der Waals surface area contributed by atoms with Gasteiger partial charge in [-0.25, -0.2) is 4.79 Å². The maximum absolute atomic E-state index is 14.8. The maximum Gasteiger partial charge on any atom is 0.326 e. The molecule has 21 N–H and O–H groups in total. The minimum atomic E-state index is -2.13. The van der Waals surface area contributed by atoms with Crippen LogP contribution in [0.25, 0.3) is 10.9 Å². The molecule has 0 unspecified atom stereocenters. The fourth-order valence-corrected chi connectivity index (χ4v) is 10.5. The van der Waals surface area contributed by atoms with Gasteiger partial charge in [0.1, 0.15) is 60.4 Å². The fraction of sp³-hybridized carbons (Fsp3) is 0.603. The predicted molar refractivity (Wildman–Crippen MR) is 356 cm³/mol. The molecule has 11 atom stereocenters. The van der Waals surface area contributed by atoms with Crippen molar-refractivity contribution in [2.24, 2.45) is 29.2 Å². The number of fused-ring (bicyclic) bond motifs is 1. The topological polar surface area (TPSA) is 600 Å². The first-order valence-corrected chi connectivity index (χ1v) is 33.6. The summed E-state index contributed by atoms with van der Waals surface area (Å²) < 4.78 is 0. The van der Waals surface area contributed by atoms with Gasteiger partial charge in [-0.05, 0) is 99.2 Å². The molecule has 2 rings (SSSR count). The summed E-state index contributed by atoms with van der Waals surface area (Å²) in [4.78, 5) is 227. The van der Waals surface area contributed by atoms with E-state index in [2.05, 4.69) is 58.2 Å². The zero-order chi connectivity index (χ0) is 75.7. The van der Waals surface area contributed by atoms with Gasteiger partial charge in [-0.15, -0.1) is 0 Å². The van der Waals surface area contributed by atoms with Gasteiger partial charge >= 0.3 is 35.8 Å². The van der Waals surface area contributed by atoms with Crippen molar-refractivity contribution >= 4 is 123 Å². The number of rotatable bonds is 49. The molecule has 0 saturated carbocycles. The second-order valence-electron chi connectivity index (χ2n) is 25.1. The average molecular weight is 1430 g/mol. The maximum atomic E-state index is 14.8. The quantitative estimate of drug-likeness (QED) is 0.0343. The van der Waals surface area contributed by atoms with Crippen LogP contribution in [0.2, 0.25) is 0 Å². The second kappa shape index (κ2) is 43.5. The molecule has 0 fully saturated rings. The highest BCUT2D eigenvalue weighted by molar-refractivity contribution is 7.98. The van der Waals surface area contributed by atoms with Crippen LogP contribution in [-0.4, -0.2) is 215 Å². The number of hydrogen-bond donors (Lipinski definition) is 19. The van der Waals surface area contributed by atoms with E-state index in [-0.39, 0.29) is 50.2 Å². The Morgan fingerprint density at radius 1 is 0.400 bits per heavy atom. The lowest BCUT2D eigenvalue weighted by atomic mass is 9.99. The van der Waals surface area contributed by atoms with Gasteiger partial charge in [0.25, 0.3) is 0 Å². The van der Waals surface area contributed by atoms with Crippen LogP contribution in [0.1, 0.15) is 143 Å². The van der Waals surface area contributed by atoms with Gasteiger partial charge in [0.05, 0.1) is 12.5 Å². The molecule has 0 aliphatic rings. The number of hydrogen-bond acceptors (Lipinski definition) is 19. The summed E-state index contributed by atoms with van der Waals surface area (Å²) in [5, 5.41) is 82.2. The fourth-order valence-electron chi connectivity index (χ4n) is 10.1. The van der Waals surface area contributed by atoms with Crippen LogP contribution in [0.3, 0.4) is 0 Å². The van der Waals surface area contributed by atoms with Crippen molar-refractivity contribution in [2.75, 3.05) is 12.0 Å². The number of aromatic nitrogens is 1. The molecule has 37 heteroatoms. The highest BCUT2D eigenvalue weighted by Gasteiger charge is 2.38. The van der Waals surface area contributed by atoms with Crippen LogP contribution in [0, 0.1) is 17.8 Å². The van der Waals surface area contributed by atoms with Crippen molar-refractivity contribution in [3.63, 3.8) is 0 Å². The number of carbonyl (C=O) groups is 17. The molecule has 100 heavy (non-hydrogen) atoms. The molecule has 1 aromatic carbocycles. The summed E-state index contributed by atoms with van der Waals surface area (Å²) in [5.41, 5.74) is 12.4. The number of H-pyrrole nitrogens is 1. The van der Waals surface area contributed by atoms with Gasteiger partial charge < -0.3 is 100 Å². The van der Waals surface area contributed by atoms with Crippen molar-refractivity contribution in [1.82, 2.24) is 58.2 Å². The zero-order valence-electron chi connectivity index (χ0n) is 56.7. The van der Waals surface area contributed by atoms with Gasteiger partial charge in [0, 0.05) is 55.6 Å². The van der Waals surface area contributed by atoms with Gasteiger partial charge in [0.15, 0.2) is 0 Å². The van der Waals surface area contributed by atoms with E-state index in [4.69, 9.17) is 11.5 Å². The highest BCUT2D eigenvalue weighted by Crippen LogP contribution is 2.21. The normalized spacial score (nSPS) is 14.5. The smallest absolute Gasteiger partial charge is 0.326 e. The molecular weight excluding hydrogens is 1340 g/mol. The SMILES string of the molecule is CSCC[C@H](NC(=O)[C@H](CCC(=O)O)NC(=O)[C@H](CCC(=O)O)NC(=O)[C@H](CC(C)C)NC(=O)[C@H](CCC(=O)O)NC(=O)[C@H](CC(=O)O)NC(=O)[C@H](CC(C)C)NC(=O)[C@H](Cc1c[nH]c2ccccc12)NC(=O)[C@H](CCC(=O)O)NC(=O)[C@H](CCC(N)=O)NC(=O)[C@@H](N)CC(C)C)C(=O)O. The molecule has 0 aliphatic carbocycles. The van der Waals surface area contributed by atoms with Gasteiger partial charge in [-0.3, -0.25) is 76.7 Å². The lowest BCUT2D eigenvalue weighted by Crippen LogP contribution is -2.61. The first kappa shape index (κ1) is 86.1. The minimum absolute atomic E-state index is 0.0581. The number of aliphatic carboxylic acids is 6. The number of para-hydroxylation sites is 1. The van der Waals surface area contributed by atoms with Crippen molar-refractivity contribution in [3.05, 3.63) is 36.0 Å². The van der Waals surface area contributed by atoms with E-state index in [1.54, 1.807) is 72.1 Å². The first-order chi connectivity index (χ1) is 46.8. The van der Waals surface area contributed by atoms with E-state index in [0.29, 0.717) is 16.5 Å². The number of primary amides is 1. The number of amides is 11. The molecule has 0 spiro atoms. The number of nitrogens with one attached hydrogen (secondary N) is 11. The Labute approximate surface area is 579 Å². The highest BCUT2D eigenvalue weighted by atomic mass is 32.2. The molecule has 2 aromatic rings. The standard InChI is InChI=1S/C63H95N13O23S/c1-30(2)24-35(64)53(88)67-37(12-17-47(65)77)54(89)69-40(15-20-50(82)83)58(93)75-45(27-33-29-66-36-11-9-8-10-34(33)36)61(96)74-44(26-32(5)6)60(95)76-46(28-52(86)87)62(97)71-41(16-21-51(84)85)57(92)73-43(25-31(3)4)59(94)70-38(13-18-48(78)79)55(90)68-39(14-19-49(80)81)56(91)72-42(63(98)99)22-23-100-7/h8-11,29-32,35,37-46,66H,12-28,64H2,1-7H3,(H2,65,77)(H,67,88)(H,68,90)(H,69,89)(H,70,94)(H,71,97)(H,72,91)(H,73,92)(H,74,96)(H,75,93)(H,76,95)(H,78,79)(H,80,81)(H,82,83)(H,84,85)(H,86,87)(H,98,99)/t35-,37-,38-,39-,40-,41-,42-,43-,44-,45-,46-/m0/s1. The number of thioether (sulfide) groups is 1.